The van der Waals surface area contributed by atoms with Crippen LogP contribution in [0, 0.1) is 0 Å². The molecule has 3 rings (SSSR count). The molecule has 26 heavy (non-hydrogen) atoms. The minimum absolute atomic E-state index is 0.233. The number of amidine groups is 1. The Hall–Kier alpha value is -3.13. The zero-order valence-corrected chi connectivity index (χ0v) is 14.3. The third-order valence-electron chi connectivity index (χ3n) is 3.53. The number of carbonyl (C=O) groups is 3. The minimum atomic E-state index is -1.09. The molecule has 1 fully saturated rings. The van der Waals surface area contributed by atoms with Gasteiger partial charge in [0, 0.05) is 5.56 Å². The average Bonchev–Trinajstić information content (AvgIpc) is 2.91. The summed E-state index contributed by atoms with van der Waals surface area (Å²) in [4.78, 5) is 40.3. The van der Waals surface area contributed by atoms with E-state index in [-0.39, 0.29) is 11.6 Å². The molecule has 1 saturated heterocycles. The molecule has 0 aliphatic carbocycles. The van der Waals surface area contributed by atoms with Crippen molar-refractivity contribution in [2.75, 3.05) is 0 Å². The Morgan fingerprint density at radius 1 is 1.08 bits per heavy atom. The number of rotatable bonds is 5. The molecule has 0 bridgehead atoms. The number of nitrogens with one attached hydrogen (secondary N) is 1. The van der Waals surface area contributed by atoms with Gasteiger partial charge in [0.2, 0.25) is 0 Å². The quantitative estimate of drug-likeness (QED) is 0.843. The molecule has 1 aliphatic heterocycles. The number of carboxylic acids is 1. The number of carbonyl (C=O) groups excluding carboxylic acids is 2. The molecule has 2 N–H and O–H groups in total. The van der Waals surface area contributed by atoms with E-state index in [2.05, 4.69) is 10.4 Å². The van der Waals surface area contributed by atoms with Crippen LogP contribution < -0.4 is 5.43 Å². The molecule has 1 heterocycles. The van der Waals surface area contributed by atoms with E-state index in [1.807, 2.05) is 6.07 Å². The SMILES string of the molecule is O=C(O)C[C@@H]1SC(=Nc2ccccc2)N(NC(=O)c2ccccc2)C1=O. The molecule has 2 aromatic rings. The number of hydrazine groups is 1. The van der Waals surface area contributed by atoms with Crippen LogP contribution in [0.3, 0.4) is 0 Å². The van der Waals surface area contributed by atoms with Crippen LogP contribution in [0.1, 0.15) is 16.8 Å². The Labute approximate surface area is 153 Å². The first-order chi connectivity index (χ1) is 12.5. The lowest BCUT2D eigenvalue weighted by Gasteiger charge is -2.17. The van der Waals surface area contributed by atoms with Crippen molar-refractivity contribution in [1.29, 1.82) is 0 Å². The maximum absolute atomic E-state index is 12.6. The number of para-hydroxylation sites is 1. The normalized spacial score (nSPS) is 18.2. The summed E-state index contributed by atoms with van der Waals surface area (Å²) < 4.78 is 0. The summed E-state index contributed by atoms with van der Waals surface area (Å²) in [6.45, 7) is 0. The zero-order chi connectivity index (χ0) is 18.5. The zero-order valence-electron chi connectivity index (χ0n) is 13.5. The molecular formula is C18H15N3O4S. The number of aliphatic imine (C=N–C) groups is 1. The van der Waals surface area contributed by atoms with Gasteiger partial charge in [-0.2, -0.15) is 5.01 Å². The topological polar surface area (TPSA) is 99.1 Å². The van der Waals surface area contributed by atoms with Gasteiger partial charge in [-0.1, -0.05) is 48.2 Å². The first kappa shape index (κ1) is 17.7. The molecule has 7 nitrogen and oxygen atoms in total. The molecule has 0 unspecified atom stereocenters. The van der Waals surface area contributed by atoms with Gasteiger partial charge in [-0.05, 0) is 24.3 Å². The molecule has 1 atom stereocenters. The highest BCUT2D eigenvalue weighted by molar-refractivity contribution is 8.15. The molecule has 8 heteroatoms. The lowest BCUT2D eigenvalue weighted by Crippen LogP contribution is -2.46. The first-order valence-electron chi connectivity index (χ1n) is 7.77. The Balaban J connectivity index is 1.87. The Morgan fingerprint density at radius 2 is 1.69 bits per heavy atom. The Bertz CT molecular complexity index is 855. The highest BCUT2D eigenvalue weighted by Gasteiger charge is 2.40. The van der Waals surface area contributed by atoms with E-state index in [1.165, 1.54) is 0 Å². The third kappa shape index (κ3) is 4.09. The predicted molar refractivity (Wildman–Crippen MR) is 97.9 cm³/mol. The van der Waals surface area contributed by atoms with Gasteiger partial charge in [-0.15, -0.1) is 0 Å². The molecule has 0 aromatic heterocycles. The van der Waals surface area contributed by atoms with E-state index >= 15 is 0 Å². The predicted octanol–water partition coefficient (Wildman–Crippen LogP) is 2.44. The maximum Gasteiger partial charge on any atom is 0.305 e. The van der Waals surface area contributed by atoms with Gasteiger partial charge in [-0.3, -0.25) is 19.8 Å². The van der Waals surface area contributed by atoms with E-state index in [9.17, 15) is 14.4 Å². The second-order valence-electron chi connectivity index (χ2n) is 5.41. The van der Waals surface area contributed by atoms with Crippen LogP contribution in [0.15, 0.2) is 65.7 Å². The van der Waals surface area contributed by atoms with Crippen LogP contribution >= 0.6 is 11.8 Å². The van der Waals surface area contributed by atoms with Crippen molar-refractivity contribution < 1.29 is 19.5 Å². The fraction of sp³-hybridized carbons (Fsp3) is 0.111. The fourth-order valence-electron chi connectivity index (χ4n) is 2.30. The summed E-state index contributed by atoms with van der Waals surface area (Å²) in [5.41, 5.74) is 3.49. The largest absolute Gasteiger partial charge is 0.481 e. The number of aliphatic carboxylic acids is 1. The van der Waals surface area contributed by atoms with Gasteiger partial charge in [0.1, 0.15) is 5.25 Å². The number of amides is 2. The summed E-state index contributed by atoms with van der Waals surface area (Å²) >= 11 is 1.02. The smallest absolute Gasteiger partial charge is 0.305 e. The number of nitrogens with zero attached hydrogens (tertiary/aromatic N) is 2. The second-order valence-corrected chi connectivity index (χ2v) is 6.58. The first-order valence-corrected chi connectivity index (χ1v) is 8.65. The van der Waals surface area contributed by atoms with Crippen LogP contribution in [0.5, 0.6) is 0 Å². The molecule has 2 aromatic carbocycles. The Morgan fingerprint density at radius 3 is 2.31 bits per heavy atom. The number of hydrogen-bond donors (Lipinski definition) is 2. The summed E-state index contributed by atoms with van der Waals surface area (Å²) in [6, 6.07) is 17.4. The number of carboxylic acid groups (broad SMARTS) is 1. The van der Waals surface area contributed by atoms with E-state index in [0.29, 0.717) is 11.3 Å². The fourth-order valence-corrected chi connectivity index (χ4v) is 3.39. The highest BCUT2D eigenvalue weighted by Crippen LogP contribution is 2.30. The van der Waals surface area contributed by atoms with E-state index in [1.54, 1.807) is 54.6 Å². The summed E-state index contributed by atoms with van der Waals surface area (Å²) in [7, 11) is 0. The van der Waals surface area contributed by atoms with Crippen molar-refractivity contribution in [3.8, 4) is 0 Å². The molecular weight excluding hydrogens is 354 g/mol. The van der Waals surface area contributed by atoms with Crippen molar-refractivity contribution in [3.05, 3.63) is 66.2 Å². The average molecular weight is 369 g/mol. The number of benzene rings is 2. The summed E-state index contributed by atoms with van der Waals surface area (Å²) in [6.07, 6.45) is -0.352. The van der Waals surface area contributed by atoms with Crippen molar-refractivity contribution >= 4 is 40.4 Å². The van der Waals surface area contributed by atoms with Gasteiger partial charge < -0.3 is 5.11 Å². The molecule has 132 valence electrons. The van der Waals surface area contributed by atoms with E-state index in [4.69, 9.17) is 5.11 Å². The monoisotopic (exact) mass is 369 g/mol. The van der Waals surface area contributed by atoms with E-state index < -0.39 is 23.0 Å². The number of thioether (sulfide) groups is 1. The van der Waals surface area contributed by atoms with Crippen LogP contribution in [-0.4, -0.2) is 38.3 Å². The minimum Gasteiger partial charge on any atom is -0.481 e. The Kier molecular flexibility index (Phi) is 5.33. The summed E-state index contributed by atoms with van der Waals surface area (Å²) in [5, 5.41) is 9.42. The van der Waals surface area contributed by atoms with Crippen LogP contribution in [0.25, 0.3) is 0 Å². The van der Waals surface area contributed by atoms with E-state index in [0.717, 1.165) is 16.8 Å². The second kappa shape index (κ2) is 7.83. The molecule has 0 spiro atoms. The van der Waals surface area contributed by atoms with Crippen molar-refractivity contribution in [2.24, 2.45) is 4.99 Å². The maximum atomic E-state index is 12.6. The van der Waals surface area contributed by atoms with Crippen LogP contribution in [0.4, 0.5) is 5.69 Å². The van der Waals surface area contributed by atoms with Crippen molar-refractivity contribution in [1.82, 2.24) is 10.4 Å². The van der Waals surface area contributed by atoms with Gasteiger partial charge in [0.25, 0.3) is 11.8 Å². The molecule has 0 saturated carbocycles. The lowest BCUT2D eigenvalue weighted by molar-refractivity contribution is -0.139. The van der Waals surface area contributed by atoms with Gasteiger partial charge >= 0.3 is 5.97 Å². The van der Waals surface area contributed by atoms with Crippen LogP contribution in [0.2, 0.25) is 0 Å². The van der Waals surface area contributed by atoms with Crippen molar-refractivity contribution in [3.63, 3.8) is 0 Å². The molecule has 2 amide bonds. The highest BCUT2D eigenvalue weighted by atomic mass is 32.2. The lowest BCUT2D eigenvalue weighted by atomic mass is 10.2. The molecule has 0 radical (unpaired) electrons. The summed E-state index contributed by atoms with van der Waals surface area (Å²) in [5.74, 6) is -2.08. The van der Waals surface area contributed by atoms with Gasteiger partial charge in [-0.25, -0.2) is 4.99 Å². The van der Waals surface area contributed by atoms with Gasteiger partial charge in [0.05, 0.1) is 12.1 Å². The standard InChI is InChI=1S/C18H15N3O4S/c22-15(23)11-14-17(25)21(20-16(24)12-7-3-1-4-8-12)18(26-14)19-13-9-5-2-6-10-13/h1-10,14H,11H2,(H,20,24)(H,22,23)/t14-/m0/s1. The third-order valence-corrected chi connectivity index (χ3v) is 4.66. The number of hydrogen-bond acceptors (Lipinski definition) is 5. The van der Waals surface area contributed by atoms with Crippen LogP contribution in [-0.2, 0) is 9.59 Å². The van der Waals surface area contributed by atoms with Crippen molar-refractivity contribution in [2.45, 2.75) is 11.7 Å². The van der Waals surface area contributed by atoms with Gasteiger partial charge in [0.15, 0.2) is 5.17 Å². The molecule has 1 aliphatic rings.